The maximum absolute atomic E-state index is 14.3. The highest BCUT2D eigenvalue weighted by Crippen LogP contribution is 2.24. The topological polar surface area (TPSA) is 95.6 Å². The summed E-state index contributed by atoms with van der Waals surface area (Å²) < 4.78 is 41.1. The van der Waals surface area contributed by atoms with E-state index in [1.807, 2.05) is 30.3 Å². The van der Waals surface area contributed by atoms with Crippen LogP contribution in [0.25, 0.3) is 0 Å². The normalized spacial score (nSPS) is 14.7. The van der Waals surface area contributed by atoms with Gasteiger partial charge in [-0.15, -0.1) is 0 Å². The van der Waals surface area contributed by atoms with E-state index in [0.29, 0.717) is 26.1 Å². The fraction of sp³-hybridized carbons (Fsp3) is 0.364. The van der Waals surface area contributed by atoms with Crippen molar-refractivity contribution in [2.75, 3.05) is 26.2 Å². The van der Waals surface area contributed by atoms with E-state index in [9.17, 15) is 22.4 Å². The molecular weight excluding hydrogens is 421 g/mol. The maximum atomic E-state index is 14.3. The third-order valence-electron chi connectivity index (χ3n) is 5.11. The zero-order valence-electron chi connectivity index (χ0n) is 17.1. The van der Waals surface area contributed by atoms with Crippen LogP contribution in [0.15, 0.2) is 53.4 Å². The molecule has 0 saturated carbocycles. The van der Waals surface area contributed by atoms with Crippen molar-refractivity contribution in [3.05, 3.63) is 65.5 Å². The first-order chi connectivity index (χ1) is 14.9. The van der Waals surface area contributed by atoms with E-state index in [0.717, 1.165) is 37.0 Å². The summed E-state index contributed by atoms with van der Waals surface area (Å²) >= 11 is 0. The largest absolute Gasteiger partial charge is 0.354 e. The molecule has 1 saturated heterocycles. The Bertz CT molecular complexity index is 1020. The lowest BCUT2D eigenvalue weighted by atomic mass is 10.1. The summed E-state index contributed by atoms with van der Waals surface area (Å²) in [6.07, 6.45) is 3.04. The highest BCUT2D eigenvalue weighted by atomic mass is 32.2. The van der Waals surface area contributed by atoms with Crippen molar-refractivity contribution >= 4 is 21.8 Å². The summed E-state index contributed by atoms with van der Waals surface area (Å²) in [5.41, 5.74) is 1.06. The predicted molar refractivity (Wildman–Crippen MR) is 114 cm³/mol. The Labute approximate surface area is 181 Å². The number of hydrogen-bond donors (Lipinski definition) is 2. The molecule has 3 rings (SSSR count). The van der Waals surface area contributed by atoms with E-state index in [1.165, 1.54) is 10.4 Å². The quantitative estimate of drug-likeness (QED) is 0.648. The van der Waals surface area contributed by atoms with E-state index in [-0.39, 0.29) is 18.0 Å². The van der Waals surface area contributed by atoms with Crippen LogP contribution >= 0.6 is 0 Å². The van der Waals surface area contributed by atoms with Gasteiger partial charge in [0, 0.05) is 25.2 Å². The summed E-state index contributed by atoms with van der Waals surface area (Å²) in [6, 6.07) is 12.9. The number of benzene rings is 2. The van der Waals surface area contributed by atoms with Crippen LogP contribution < -0.4 is 10.6 Å². The number of piperidine rings is 1. The average Bonchev–Trinajstić information content (AvgIpc) is 2.79. The summed E-state index contributed by atoms with van der Waals surface area (Å²) in [7, 11) is -4.02. The van der Waals surface area contributed by atoms with Gasteiger partial charge in [-0.3, -0.25) is 9.59 Å². The van der Waals surface area contributed by atoms with Crippen LogP contribution in [0.4, 0.5) is 4.39 Å². The van der Waals surface area contributed by atoms with Gasteiger partial charge >= 0.3 is 0 Å². The van der Waals surface area contributed by atoms with Crippen LogP contribution in [-0.4, -0.2) is 50.7 Å². The van der Waals surface area contributed by atoms with Crippen LogP contribution in [0.2, 0.25) is 0 Å². The fourth-order valence-corrected chi connectivity index (χ4v) is 5.01. The zero-order valence-corrected chi connectivity index (χ0v) is 18.0. The van der Waals surface area contributed by atoms with Gasteiger partial charge in [0.05, 0.1) is 6.54 Å². The summed E-state index contributed by atoms with van der Waals surface area (Å²) in [6.45, 7) is 0.829. The molecule has 0 radical (unpaired) electrons. The second-order valence-electron chi connectivity index (χ2n) is 7.38. The minimum atomic E-state index is -4.02. The summed E-state index contributed by atoms with van der Waals surface area (Å²) in [5.74, 6) is -1.92. The highest BCUT2D eigenvalue weighted by molar-refractivity contribution is 7.89. The molecule has 0 atom stereocenters. The Kier molecular flexibility index (Phi) is 7.75. The van der Waals surface area contributed by atoms with Crippen molar-refractivity contribution in [3.8, 4) is 0 Å². The Morgan fingerprint density at radius 2 is 1.68 bits per heavy atom. The highest BCUT2D eigenvalue weighted by Gasteiger charge is 2.29. The summed E-state index contributed by atoms with van der Waals surface area (Å²) in [4.78, 5) is 23.8. The van der Waals surface area contributed by atoms with Crippen molar-refractivity contribution in [1.29, 1.82) is 0 Å². The molecule has 1 aliphatic rings. The number of carbonyl (C=O) groups excluding carboxylic acids is 2. The Morgan fingerprint density at radius 3 is 2.39 bits per heavy atom. The van der Waals surface area contributed by atoms with Crippen LogP contribution in [0, 0.1) is 5.82 Å². The van der Waals surface area contributed by atoms with Crippen LogP contribution in [0.3, 0.4) is 0 Å². The second kappa shape index (κ2) is 10.5. The van der Waals surface area contributed by atoms with Crippen molar-refractivity contribution in [2.45, 2.75) is 30.6 Å². The standard InChI is InChI=1S/C22H26FN3O4S/c23-19-10-9-18(15-20(19)31(29,30)26-13-5-2-6-14-26)22(28)25-16-21(27)24-12-11-17-7-3-1-4-8-17/h1,3-4,7-10,15H,2,5-6,11-14,16H2,(H,24,27)(H,25,28). The molecule has 1 heterocycles. The van der Waals surface area contributed by atoms with Gasteiger partial charge in [-0.1, -0.05) is 36.8 Å². The molecule has 0 bridgehead atoms. The molecule has 0 aromatic heterocycles. The number of nitrogens with one attached hydrogen (secondary N) is 2. The molecule has 2 N–H and O–H groups in total. The molecule has 7 nitrogen and oxygen atoms in total. The fourth-order valence-electron chi connectivity index (χ4n) is 3.40. The number of amides is 2. The Hall–Kier alpha value is -2.78. The van der Waals surface area contributed by atoms with Crippen molar-refractivity contribution in [3.63, 3.8) is 0 Å². The molecule has 2 amide bonds. The SMILES string of the molecule is O=C(CNC(=O)c1ccc(F)c(S(=O)(=O)N2CCCCC2)c1)NCCc1ccccc1. The number of rotatable bonds is 8. The lowest BCUT2D eigenvalue weighted by Gasteiger charge is -2.26. The number of carbonyl (C=O) groups is 2. The minimum Gasteiger partial charge on any atom is -0.354 e. The monoisotopic (exact) mass is 447 g/mol. The van der Waals surface area contributed by atoms with Gasteiger partial charge in [-0.2, -0.15) is 4.31 Å². The first kappa shape index (κ1) is 22.9. The van der Waals surface area contributed by atoms with Gasteiger partial charge in [-0.25, -0.2) is 12.8 Å². The second-order valence-corrected chi connectivity index (χ2v) is 9.28. The van der Waals surface area contributed by atoms with Crippen molar-refractivity contribution in [1.82, 2.24) is 14.9 Å². The molecule has 0 spiro atoms. The Balaban J connectivity index is 1.56. The van der Waals surface area contributed by atoms with Gasteiger partial charge < -0.3 is 10.6 Å². The molecule has 2 aromatic rings. The molecule has 31 heavy (non-hydrogen) atoms. The molecule has 166 valence electrons. The van der Waals surface area contributed by atoms with Gasteiger partial charge in [0.25, 0.3) is 5.91 Å². The van der Waals surface area contributed by atoms with E-state index in [1.54, 1.807) is 0 Å². The first-order valence-electron chi connectivity index (χ1n) is 10.3. The molecule has 2 aromatic carbocycles. The zero-order chi connectivity index (χ0) is 22.3. The first-order valence-corrected chi connectivity index (χ1v) is 11.7. The molecule has 1 fully saturated rings. The van der Waals surface area contributed by atoms with E-state index in [4.69, 9.17) is 0 Å². The Morgan fingerprint density at radius 1 is 0.968 bits per heavy atom. The van der Waals surface area contributed by atoms with Gasteiger partial charge in [0.1, 0.15) is 10.7 Å². The van der Waals surface area contributed by atoms with Gasteiger partial charge in [0.2, 0.25) is 15.9 Å². The number of hydrogen-bond acceptors (Lipinski definition) is 4. The lowest BCUT2D eigenvalue weighted by Crippen LogP contribution is -2.38. The predicted octanol–water partition coefficient (Wildman–Crippen LogP) is 2.09. The van der Waals surface area contributed by atoms with E-state index < -0.39 is 26.6 Å². The van der Waals surface area contributed by atoms with Crippen molar-refractivity contribution in [2.24, 2.45) is 0 Å². The van der Waals surface area contributed by atoms with Crippen LogP contribution in [-0.2, 0) is 21.2 Å². The molecule has 1 aliphatic heterocycles. The molecule has 0 aliphatic carbocycles. The third-order valence-corrected chi connectivity index (χ3v) is 7.03. The van der Waals surface area contributed by atoms with E-state index in [2.05, 4.69) is 10.6 Å². The minimum absolute atomic E-state index is 0.0194. The smallest absolute Gasteiger partial charge is 0.251 e. The van der Waals surface area contributed by atoms with Gasteiger partial charge in [-0.05, 0) is 43.0 Å². The van der Waals surface area contributed by atoms with Crippen LogP contribution in [0.5, 0.6) is 0 Å². The number of nitrogens with zero attached hydrogens (tertiary/aromatic N) is 1. The number of sulfonamides is 1. The third kappa shape index (κ3) is 6.11. The number of halogens is 1. The lowest BCUT2D eigenvalue weighted by molar-refractivity contribution is -0.120. The molecule has 0 unspecified atom stereocenters. The molecular formula is C22H26FN3O4S. The maximum Gasteiger partial charge on any atom is 0.251 e. The van der Waals surface area contributed by atoms with E-state index >= 15 is 0 Å². The summed E-state index contributed by atoms with van der Waals surface area (Å²) in [5, 5.41) is 5.15. The van der Waals surface area contributed by atoms with Gasteiger partial charge in [0.15, 0.2) is 0 Å². The van der Waals surface area contributed by atoms with Crippen LogP contribution in [0.1, 0.15) is 35.2 Å². The average molecular weight is 448 g/mol. The molecule has 9 heteroatoms. The van der Waals surface area contributed by atoms with Crippen molar-refractivity contribution < 1.29 is 22.4 Å².